The van der Waals surface area contributed by atoms with Gasteiger partial charge in [-0.25, -0.2) is 0 Å². The van der Waals surface area contributed by atoms with E-state index >= 15 is 0 Å². The molecule has 1 aliphatic rings. The van der Waals surface area contributed by atoms with Gasteiger partial charge in [0.15, 0.2) is 5.82 Å². The van der Waals surface area contributed by atoms with E-state index in [2.05, 4.69) is 36.1 Å². The standard InChI is InChI=1S/C22H30N4O3/c1-22(2,3)18-8-6-17(7-9-18)21(28)26(14-13-25-11-4-5-12-25)16-20(27)23-19-10-15-29-24-19/h6-10,15H,4-5,11-14,16H2,1-3H3,(H,23,24,27). The number of carbonyl (C=O) groups is 2. The van der Waals surface area contributed by atoms with E-state index in [1.807, 2.05) is 24.3 Å². The molecule has 2 amide bonds. The van der Waals surface area contributed by atoms with Gasteiger partial charge in [-0.15, -0.1) is 0 Å². The summed E-state index contributed by atoms with van der Waals surface area (Å²) in [6.45, 7) is 9.76. The number of rotatable bonds is 7. The van der Waals surface area contributed by atoms with E-state index in [0.29, 0.717) is 17.9 Å². The molecule has 1 fully saturated rings. The van der Waals surface area contributed by atoms with E-state index in [9.17, 15) is 9.59 Å². The van der Waals surface area contributed by atoms with Crippen LogP contribution in [0.5, 0.6) is 0 Å². The average molecular weight is 399 g/mol. The van der Waals surface area contributed by atoms with Gasteiger partial charge in [-0.05, 0) is 49.0 Å². The lowest BCUT2D eigenvalue weighted by Gasteiger charge is -2.25. The van der Waals surface area contributed by atoms with E-state index in [4.69, 9.17) is 4.52 Å². The Morgan fingerprint density at radius 3 is 2.41 bits per heavy atom. The highest BCUT2D eigenvalue weighted by Gasteiger charge is 2.22. The number of nitrogens with zero attached hydrogens (tertiary/aromatic N) is 3. The Morgan fingerprint density at radius 1 is 1.14 bits per heavy atom. The molecule has 7 nitrogen and oxygen atoms in total. The molecule has 1 N–H and O–H groups in total. The smallest absolute Gasteiger partial charge is 0.254 e. The second-order valence-corrected chi connectivity index (χ2v) is 8.54. The predicted octanol–water partition coefficient (Wildman–Crippen LogP) is 3.15. The third kappa shape index (κ3) is 5.90. The van der Waals surface area contributed by atoms with Crippen molar-refractivity contribution < 1.29 is 14.1 Å². The van der Waals surface area contributed by atoms with Crippen molar-refractivity contribution >= 4 is 17.6 Å². The van der Waals surface area contributed by atoms with Crippen LogP contribution < -0.4 is 5.32 Å². The molecule has 0 atom stereocenters. The second kappa shape index (κ2) is 9.22. The maximum absolute atomic E-state index is 13.1. The van der Waals surface area contributed by atoms with Crippen molar-refractivity contribution in [1.82, 2.24) is 15.0 Å². The minimum Gasteiger partial charge on any atom is -0.363 e. The van der Waals surface area contributed by atoms with Gasteiger partial charge in [-0.2, -0.15) is 0 Å². The molecule has 7 heteroatoms. The van der Waals surface area contributed by atoms with Crippen LogP contribution in [0.15, 0.2) is 41.1 Å². The van der Waals surface area contributed by atoms with Crippen LogP contribution in [-0.4, -0.2) is 59.5 Å². The Kier molecular flexibility index (Phi) is 6.69. The Bertz CT molecular complexity index is 804. The normalized spacial score (nSPS) is 14.7. The van der Waals surface area contributed by atoms with Gasteiger partial charge in [-0.1, -0.05) is 38.1 Å². The molecule has 0 bridgehead atoms. The van der Waals surface area contributed by atoms with Crippen molar-refractivity contribution in [3.63, 3.8) is 0 Å². The van der Waals surface area contributed by atoms with Gasteiger partial charge < -0.3 is 19.6 Å². The van der Waals surface area contributed by atoms with E-state index in [1.54, 1.807) is 11.0 Å². The molecule has 29 heavy (non-hydrogen) atoms. The molecule has 2 heterocycles. The molecule has 1 aliphatic heterocycles. The summed E-state index contributed by atoms with van der Waals surface area (Å²) in [5.41, 5.74) is 1.78. The lowest BCUT2D eigenvalue weighted by Crippen LogP contribution is -2.42. The van der Waals surface area contributed by atoms with Crippen molar-refractivity contribution in [2.45, 2.75) is 39.0 Å². The topological polar surface area (TPSA) is 78.7 Å². The third-order valence-electron chi connectivity index (χ3n) is 5.21. The monoisotopic (exact) mass is 398 g/mol. The highest BCUT2D eigenvalue weighted by molar-refractivity contribution is 5.99. The fourth-order valence-electron chi connectivity index (χ4n) is 3.45. The van der Waals surface area contributed by atoms with Gasteiger partial charge in [-0.3, -0.25) is 9.59 Å². The summed E-state index contributed by atoms with van der Waals surface area (Å²) in [5.74, 6) is -0.0867. The summed E-state index contributed by atoms with van der Waals surface area (Å²) >= 11 is 0. The lowest BCUT2D eigenvalue weighted by molar-refractivity contribution is -0.117. The summed E-state index contributed by atoms with van der Waals surface area (Å²) in [6.07, 6.45) is 3.77. The zero-order chi connectivity index (χ0) is 20.9. The second-order valence-electron chi connectivity index (χ2n) is 8.54. The minimum atomic E-state index is -0.292. The van der Waals surface area contributed by atoms with Crippen molar-refractivity contribution in [2.24, 2.45) is 0 Å². The average Bonchev–Trinajstić information content (AvgIpc) is 3.38. The summed E-state index contributed by atoms with van der Waals surface area (Å²) in [4.78, 5) is 29.5. The zero-order valence-electron chi connectivity index (χ0n) is 17.5. The molecular formula is C22H30N4O3. The maximum atomic E-state index is 13.1. The number of benzene rings is 1. The number of likely N-dealkylation sites (tertiary alicyclic amines) is 1. The Hall–Kier alpha value is -2.67. The van der Waals surface area contributed by atoms with Crippen LogP contribution >= 0.6 is 0 Å². The number of anilines is 1. The summed E-state index contributed by atoms with van der Waals surface area (Å²) in [6, 6.07) is 9.24. The Morgan fingerprint density at radius 2 is 1.83 bits per heavy atom. The molecule has 1 aromatic heterocycles. The Labute approximate surface area is 172 Å². The van der Waals surface area contributed by atoms with Gasteiger partial charge in [0.2, 0.25) is 5.91 Å². The summed E-state index contributed by atoms with van der Waals surface area (Å²) in [7, 11) is 0. The summed E-state index contributed by atoms with van der Waals surface area (Å²) in [5, 5.41) is 6.35. The van der Waals surface area contributed by atoms with Crippen LogP contribution in [0.1, 0.15) is 49.5 Å². The molecule has 1 aromatic carbocycles. The maximum Gasteiger partial charge on any atom is 0.254 e. The van der Waals surface area contributed by atoms with Crippen LogP contribution in [0.2, 0.25) is 0 Å². The zero-order valence-corrected chi connectivity index (χ0v) is 17.5. The molecule has 0 aliphatic carbocycles. The molecule has 0 radical (unpaired) electrons. The fraction of sp³-hybridized carbons (Fsp3) is 0.500. The van der Waals surface area contributed by atoms with Crippen LogP contribution in [0.25, 0.3) is 0 Å². The van der Waals surface area contributed by atoms with Gasteiger partial charge in [0.25, 0.3) is 5.91 Å². The SMILES string of the molecule is CC(C)(C)c1ccc(C(=O)N(CCN2CCCC2)CC(=O)Nc2ccon2)cc1. The van der Waals surface area contributed by atoms with E-state index in [-0.39, 0.29) is 23.8 Å². The summed E-state index contributed by atoms with van der Waals surface area (Å²) < 4.78 is 4.74. The first-order valence-corrected chi connectivity index (χ1v) is 10.2. The lowest BCUT2D eigenvalue weighted by atomic mass is 9.86. The number of hydrogen-bond acceptors (Lipinski definition) is 5. The molecular weight excluding hydrogens is 368 g/mol. The van der Waals surface area contributed by atoms with Crippen LogP contribution in [0, 0.1) is 0 Å². The van der Waals surface area contributed by atoms with Crippen molar-refractivity contribution in [2.75, 3.05) is 38.0 Å². The quantitative estimate of drug-likeness (QED) is 0.775. The molecule has 3 rings (SSSR count). The molecule has 2 aromatic rings. The van der Waals surface area contributed by atoms with Gasteiger partial charge in [0.1, 0.15) is 12.8 Å². The third-order valence-corrected chi connectivity index (χ3v) is 5.21. The van der Waals surface area contributed by atoms with Crippen molar-refractivity contribution in [1.29, 1.82) is 0 Å². The van der Waals surface area contributed by atoms with E-state index < -0.39 is 0 Å². The van der Waals surface area contributed by atoms with E-state index in [1.165, 1.54) is 24.7 Å². The first-order valence-electron chi connectivity index (χ1n) is 10.2. The Balaban J connectivity index is 1.69. The van der Waals surface area contributed by atoms with Gasteiger partial charge >= 0.3 is 0 Å². The molecule has 0 saturated carbocycles. The molecule has 0 spiro atoms. The van der Waals surface area contributed by atoms with E-state index in [0.717, 1.165) is 19.6 Å². The van der Waals surface area contributed by atoms with Gasteiger partial charge in [0, 0.05) is 24.7 Å². The first kappa shape index (κ1) is 21.0. The number of amides is 2. The molecule has 156 valence electrons. The minimum absolute atomic E-state index is 0.0223. The molecule has 0 unspecified atom stereocenters. The highest BCUT2D eigenvalue weighted by atomic mass is 16.5. The van der Waals surface area contributed by atoms with Crippen molar-refractivity contribution in [3.8, 4) is 0 Å². The number of nitrogens with one attached hydrogen (secondary N) is 1. The van der Waals surface area contributed by atoms with Crippen LogP contribution in [0.3, 0.4) is 0 Å². The number of hydrogen-bond donors (Lipinski definition) is 1. The van der Waals surface area contributed by atoms with Gasteiger partial charge in [0.05, 0.1) is 0 Å². The predicted molar refractivity (Wildman–Crippen MR) is 112 cm³/mol. The van der Waals surface area contributed by atoms with Crippen LogP contribution in [-0.2, 0) is 10.2 Å². The first-order chi connectivity index (χ1) is 13.8. The van der Waals surface area contributed by atoms with Crippen LogP contribution in [0.4, 0.5) is 5.82 Å². The number of carbonyl (C=O) groups excluding carboxylic acids is 2. The largest absolute Gasteiger partial charge is 0.363 e. The number of aromatic nitrogens is 1. The highest BCUT2D eigenvalue weighted by Crippen LogP contribution is 2.22. The van der Waals surface area contributed by atoms with Crippen molar-refractivity contribution in [3.05, 3.63) is 47.7 Å². The fourth-order valence-corrected chi connectivity index (χ4v) is 3.45. The molecule has 1 saturated heterocycles.